The van der Waals surface area contributed by atoms with Gasteiger partial charge in [-0.1, -0.05) is 11.6 Å². The molecule has 2 heterocycles. The number of nitrogens with zero attached hydrogens (tertiary/aromatic N) is 5. The topological polar surface area (TPSA) is 117 Å². The zero-order valence-corrected chi connectivity index (χ0v) is 20.6. The number of hydrogen-bond acceptors (Lipinski definition) is 9. The van der Waals surface area contributed by atoms with E-state index in [1.54, 1.807) is 12.1 Å². The molecule has 0 atom stereocenters. The molecule has 1 aromatic carbocycles. The number of rotatable bonds is 9. The predicted octanol–water partition coefficient (Wildman–Crippen LogP) is 3.64. The number of fused-ring (bicyclic) bond motifs is 1. The van der Waals surface area contributed by atoms with Gasteiger partial charge in [-0.25, -0.2) is 4.79 Å². The fourth-order valence-electron chi connectivity index (χ4n) is 3.58. The van der Waals surface area contributed by atoms with Crippen molar-refractivity contribution in [2.45, 2.75) is 59.7 Å². The van der Waals surface area contributed by atoms with Gasteiger partial charge in [0.2, 0.25) is 5.95 Å². The van der Waals surface area contributed by atoms with E-state index in [0.29, 0.717) is 29.8 Å². The average molecular weight is 478 g/mol. The maximum atomic E-state index is 11.6. The van der Waals surface area contributed by atoms with Crippen LogP contribution in [-0.2, 0) is 0 Å². The van der Waals surface area contributed by atoms with Gasteiger partial charge < -0.3 is 20.4 Å². The maximum absolute atomic E-state index is 11.6. The van der Waals surface area contributed by atoms with E-state index in [9.17, 15) is 15.0 Å². The molecule has 0 aliphatic carbocycles. The standard InChI is InChI=1S/C22H32ClN7O3/c1-12(2)28(9-10-31)22-25-19(24-15-7-8-17(23)16(11-15)21(32)33)18-20(26-22)30(14(5)6)27-29(18)13(3)4/h7-8,11-14,27,31H,9-10H2,1-6H3,(H,32,33)(H,24,25,26). The lowest BCUT2D eigenvalue weighted by Crippen LogP contribution is -2.50. The normalized spacial score (nSPS) is 13.3. The lowest BCUT2D eigenvalue weighted by atomic mass is 10.2. The Morgan fingerprint density at radius 2 is 1.82 bits per heavy atom. The summed E-state index contributed by atoms with van der Waals surface area (Å²) in [5.74, 6) is 0.567. The first kappa shape index (κ1) is 24.8. The molecule has 1 aliphatic rings. The van der Waals surface area contributed by atoms with E-state index in [2.05, 4.69) is 38.5 Å². The molecule has 0 radical (unpaired) electrons. The van der Waals surface area contributed by atoms with Crippen molar-refractivity contribution in [2.75, 3.05) is 33.4 Å². The van der Waals surface area contributed by atoms with Crippen LogP contribution in [0.3, 0.4) is 0 Å². The predicted molar refractivity (Wildman–Crippen MR) is 132 cm³/mol. The Labute approximate surface area is 199 Å². The van der Waals surface area contributed by atoms with E-state index in [4.69, 9.17) is 21.6 Å². The summed E-state index contributed by atoms with van der Waals surface area (Å²) in [5, 5.41) is 26.4. The number of hydrazine groups is 2. The van der Waals surface area contributed by atoms with E-state index in [1.807, 2.05) is 28.8 Å². The zero-order chi connectivity index (χ0) is 24.4. The zero-order valence-electron chi connectivity index (χ0n) is 19.8. The SMILES string of the molecule is CC(C)N(CCO)c1nc(Nc2ccc(Cl)c(C(=O)O)c2)c2c(n1)N(C(C)C)NN2C(C)C. The molecule has 3 rings (SSSR count). The van der Waals surface area contributed by atoms with Crippen molar-refractivity contribution in [2.24, 2.45) is 0 Å². The van der Waals surface area contributed by atoms with Crippen molar-refractivity contribution in [1.82, 2.24) is 15.5 Å². The Bertz CT molecular complexity index is 1020. The summed E-state index contributed by atoms with van der Waals surface area (Å²) in [7, 11) is 0. The first-order chi connectivity index (χ1) is 15.5. The molecule has 0 bridgehead atoms. The molecule has 0 fully saturated rings. The summed E-state index contributed by atoms with van der Waals surface area (Å²) in [6, 6.07) is 4.97. The first-order valence-electron chi connectivity index (χ1n) is 11.0. The molecule has 0 saturated heterocycles. The van der Waals surface area contributed by atoms with Crippen LogP contribution in [0.1, 0.15) is 51.9 Å². The number of aromatic nitrogens is 2. The Morgan fingerprint density at radius 1 is 1.15 bits per heavy atom. The minimum absolute atomic E-state index is 0.000623. The van der Waals surface area contributed by atoms with E-state index in [0.717, 1.165) is 5.69 Å². The van der Waals surface area contributed by atoms with Gasteiger partial charge in [0.25, 0.3) is 0 Å². The summed E-state index contributed by atoms with van der Waals surface area (Å²) < 4.78 is 0. The van der Waals surface area contributed by atoms with Gasteiger partial charge in [0.15, 0.2) is 11.6 Å². The third-order valence-corrected chi connectivity index (χ3v) is 5.58. The number of anilines is 5. The van der Waals surface area contributed by atoms with Crippen molar-refractivity contribution in [1.29, 1.82) is 0 Å². The number of carbonyl (C=O) groups is 1. The van der Waals surface area contributed by atoms with Crippen molar-refractivity contribution >= 4 is 46.5 Å². The van der Waals surface area contributed by atoms with E-state index in [1.165, 1.54) is 6.07 Å². The van der Waals surface area contributed by atoms with Crippen molar-refractivity contribution in [3.05, 3.63) is 28.8 Å². The number of halogens is 1. The number of carboxylic acids is 1. The summed E-state index contributed by atoms with van der Waals surface area (Å²) >= 11 is 6.05. The Balaban J connectivity index is 2.20. The molecule has 33 heavy (non-hydrogen) atoms. The number of aliphatic hydroxyl groups excluding tert-OH is 1. The Hall–Kier alpha value is -2.82. The van der Waals surface area contributed by atoms with Crippen LogP contribution < -0.4 is 25.8 Å². The van der Waals surface area contributed by atoms with Crippen LogP contribution in [-0.4, -0.2) is 57.4 Å². The van der Waals surface area contributed by atoms with Gasteiger partial charge in [-0.2, -0.15) is 9.97 Å². The largest absolute Gasteiger partial charge is 0.478 e. The molecule has 11 heteroatoms. The second-order valence-electron chi connectivity index (χ2n) is 8.71. The monoisotopic (exact) mass is 477 g/mol. The molecule has 1 aliphatic heterocycles. The average Bonchev–Trinajstić information content (AvgIpc) is 3.13. The quantitative estimate of drug-likeness (QED) is 0.426. The van der Waals surface area contributed by atoms with E-state index in [-0.39, 0.29) is 35.3 Å². The molecule has 180 valence electrons. The molecule has 0 unspecified atom stereocenters. The third-order valence-electron chi connectivity index (χ3n) is 5.25. The second kappa shape index (κ2) is 9.98. The minimum Gasteiger partial charge on any atom is -0.478 e. The van der Waals surface area contributed by atoms with Gasteiger partial charge in [0.05, 0.1) is 17.2 Å². The highest BCUT2D eigenvalue weighted by Gasteiger charge is 2.35. The van der Waals surface area contributed by atoms with Gasteiger partial charge in [-0.15, -0.1) is 5.53 Å². The molecule has 1 aromatic heterocycles. The van der Waals surface area contributed by atoms with Crippen LogP contribution in [0.25, 0.3) is 0 Å². The van der Waals surface area contributed by atoms with Gasteiger partial charge in [-0.3, -0.25) is 10.0 Å². The molecule has 0 saturated carbocycles. The third kappa shape index (κ3) is 5.07. The van der Waals surface area contributed by atoms with Gasteiger partial charge >= 0.3 is 5.97 Å². The summed E-state index contributed by atoms with van der Waals surface area (Å²) in [4.78, 5) is 23.2. The van der Waals surface area contributed by atoms with Crippen LogP contribution in [0.2, 0.25) is 5.02 Å². The molecule has 0 amide bonds. The maximum Gasteiger partial charge on any atom is 0.337 e. The van der Waals surface area contributed by atoms with Crippen LogP contribution >= 0.6 is 11.6 Å². The summed E-state index contributed by atoms with van der Waals surface area (Å²) in [6.07, 6.45) is 0. The highest BCUT2D eigenvalue weighted by atomic mass is 35.5. The molecule has 10 nitrogen and oxygen atoms in total. The second-order valence-corrected chi connectivity index (χ2v) is 9.11. The molecule has 0 spiro atoms. The lowest BCUT2D eigenvalue weighted by Gasteiger charge is -2.28. The first-order valence-corrected chi connectivity index (χ1v) is 11.4. The van der Waals surface area contributed by atoms with Gasteiger partial charge in [-0.05, 0) is 59.7 Å². The van der Waals surface area contributed by atoms with Crippen LogP contribution in [0.15, 0.2) is 18.2 Å². The number of carboxylic acid groups (broad SMARTS) is 1. The van der Waals surface area contributed by atoms with E-state index < -0.39 is 5.97 Å². The number of aromatic carboxylic acids is 1. The van der Waals surface area contributed by atoms with Crippen molar-refractivity contribution in [3.8, 4) is 0 Å². The van der Waals surface area contributed by atoms with Crippen molar-refractivity contribution in [3.63, 3.8) is 0 Å². The Kier molecular flexibility index (Phi) is 7.51. The Morgan fingerprint density at radius 3 is 2.36 bits per heavy atom. The van der Waals surface area contributed by atoms with Gasteiger partial charge in [0, 0.05) is 30.4 Å². The minimum atomic E-state index is -1.11. The fourth-order valence-corrected chi connectivity index (χ4v) is 3.78. The molecular formula is C22H32ClN7O3. The fraction of sp³-hybridized carbons (Fsp3) is 0.500. The highest BCUT2D eigenvalue weighted by Crippen LogP contribution is 2.42. The lowest BCUT2D eigenvalue weighted by molar-refractivity contribution is 0.0697. The van der Waals surface area contributed by atoms with Crippen LogP contribution in [0.4, 0.5) is 29.0 Å². The molecular weight excluding hydrogens is 446 g/mol. The smallest absolute Gasteiger partial charge is 0.337 e. The summed E-state index contributed by atoms with van der Waals surface area (Å²) in [6.45, 7) is 12.6. The number of nitrogens with one attached hydrogen (secondary N) is 2. The highest BCUT2D eigenvalue weighted by molar-refractivity contribution is 6.33. The van der Waals surface area contributed by atoms with Crippen molar-refractivity contribution < 1.29 is 15.0 Å². The number of hydrogen-bond donors (Lipinski definition) is 4. The molecule has 4 N–H and O–H groups in total. The number of aliphatic hydroxyl groups is 1. The summed E-state index contributed by atoms with van der Waals surface area (Å²) in [5.41, 5.74) is 4.68. The van der Waals surface area contributed by atoms with Crippen LogP contribution in [0.5, 0.6) is 0 Å². The van der Waals surface area contributed by atoms with Gasteiger partial charge in [0.1, 0.15) is 5.69 Å². The molecule has 2 aromatic rings. The number of benzene rings is 1. The van der Waals surface area contributed by atoms with Crippen LogP contribution in [0, 0.1) is 0 Å². The van der Waals surface area contributed by atoms with E-state index >= 15 is 0 Å².